The number of carbonyl (C=O) groups is 5. The van der Waals surface area contributed by atoms with E-state index in [-0.39, 0.29) is 33.6 Å². The summed E-state index contributed by atoms with van der Waals surface area (Å²) in [6.45, 7) is 7.31. The van der Waals surface area contributed by atoms with Gasteiger partial charge in [-0.2, -0.15) is 0 Å². The monoisotopic (exact) mass is 805 g/mol. The first-order chi connectivity index (χ1) is 28.1. The lowest BCUT2D eigenvalue weighted by molar-refractivity contribution is -0.194. The van der Waals surface area contributed by atoms with Crippen LogP contribution in [0.3, 0.4) is 0 Å². The third-order valence-electron chi connectivity index (χ3n) is 11.2. The van der Waals surface area contributed by atoms with Gasteiger partial charge in [0.05, 0.1) is 18.7 Å². The lowest BCUT2D eigenvalue weighted by Crippen LogP contribution is -2.61. The van der Waals surface area contributed by atoms with Crippen molar-refractivity contribution in [3.63, 3.8) is 0 Å². The second-order valence-electron chi connectivity index (χ2n) is 15.1. The zero-order chi connectivity index (χ0) is 42.6. The number of ether oxygens (including phenoxy) is 5. The highest BCUT2D eigenvalue weighted by atomic mass is 16.6. The van der Waals surface area contributed by atoms with Crippen LogP contribution in [0.15, 0.2) is 120 Å². The van der Waals surface area contributed by atoms with Crippen molar-refractivity contribution in [2.75, 3.05) is 7.11 Å². The van der Waals surface area contributed by atoms with Crippen LogP contribution in [0, 0.1) is 5.41 Å². The summed E-state index contributed by atoms with van der Waals surface area (Å²) < 4.78 is 30.2. The lowest BCUT2D eigenvalue weighted by atomic mass is 9.55. The normalized spacial score (nSPS) is 22.8. The molecule has 13 nitrogen and oxygen atoms in total. The number of benzene rings is 4. The van der Waals surface area contributed by atoms with E-state index in [9.17, 15) is 34.2 Å². The summed E-state index contributed by atoms with van der Waals surface area (Å²) in [6, 6.07) is 28.3. The van der Waals surface area contributed by atoms with Gasteiger partial charge in [-0.1, -0.05) is 92.7 Å². The SMILES string of the molecule is COc1cccc2c1[C@H](OC(=O)c1ccccc1)[C@]1(O)C[C@H](OC(=O)[C@H](O)[C@@H](NC(=O)c3ccccc3)c3ccccc3)C(C)=C([C@@H](OC(C)=O)[C@@H]2OC(C)=O)C1(C)C. The highest BCUT2D eigenvalue weighted by molar-refractivity contribution is 5.95. The molecule has 0 saturated carbocycles. The molecule has 308 valence electrons. The van der Waals surface area contributed by atoms with Crippen LogP contribution in [-0.4, -0.2) is 71.0 Å². The van der Waals surface area contributed by atoms with Gasteiger partial charge in [-0.3, -0.25) is 14.4 Å². The Morgan fingerprint density at radius 2 is 1.29 bits per heavy atom. The Morgan fingerprint density at radius 1 is 0.729 bits per heavy atom. The van der Waals surface area contributed by atoms with Gasteiger partial charge in [0.1, 0.15) is 17.5 Å². The maximum Gasteiger partial charge on any atom is 0.338 e. The molecular formula is C46H47NO12. The summed E-state index contributed by atoms with van der Waals surface area (Å²) in [7, 11) is 1.38. The zero-order valence-electron chi connectivity index (χ0n) is 33.5. The van der Waals surface area contributed by atoms with Gasteiger partial charge >= 0.3 is 23.9 Å². The van der Waals surface area contributed by atoms with E-state index in [1.54, 1.807) is 130 Å². The van der Waals surface area contributed by atoms with Gasteiger partial charge in [0.25, 0.3) is 5.91 Å². The van der Waals surface area contributed by atoms with Crippen molar-refractivity contribution in [2.24, 2.45) is 5.41 Å². The van der Waals surface area contributed by atoms with Crippen LogP contribution in [-0.2, 0) is 33.3 Å². The number of esters is 4. The second-order valence-corrected chi connectivity index (χ2v) is 15.1. The minimum Gasteiger partial charge on any atom is -0.496 e. The van der Waals surface area contributed by atoms with E-state index in [1.807, 2.05) is 0 Å². The average molecular weight is 806 g/mol. The molecule has 0 saturated heterocycles. The van der Waals surface area contributed by atoms with Crippen LogP contribution in [0.5, 0.6) is 5.75 Å². The molecule has 4 aromatic carbocycles. The van der Waals surface area contributed by atoms with Gasteiger partial charge < -0.3 is 39.2 Å². The fourth-order valence-electron chi connectivity index (χ4n) is 8.23. The molecule has 2 aliphatic carbocycles. The molecule has 7 atom stereocenters. The molecule has 2 aliphatic rings. The number of nitrogens with one attached hydrogen (secondary N) is 1. The first-order valence-corrected chi connectivity index (χ1v) is 19.1. The first-order valence-electron chi connectivity index (χ1n) is 19.1. The van der Waals surface area contributed by atoms with E-state index in [0.717, 1.165) is 0 Å². The summed E-state index contributed by atoms with van der Waals surface area (Å²) in [5.41, 5.74) is -1.95. The number of rotatable bonds is 11. The van der Waals surface area contributed by atoms with E-state index in [2.05, 4.69) is 5.32 Å². The second kappa shape index (κ2) is 17.3. The Morgan fingerprint density at radius 3 is 1.86 bits per heavy atom. The maximum absolute atomic E-state index is 14.3. The number of amides is 1. The standard InChI is InChI=1S/C46H47NO12/c1-26-34(58-44(53)38(50)37(29-17-10-7-11-18-29)47-42(51)30-19-12-8-13-20-30)25-46(54)41(59-43(52)31-21-14-9-15-22-31)35-32(23-16-24-33(35)55-6)39(56-27(2)48)40(57-28(3)49)36(26)45(46,4)5/h7-24,34,37-41,50,54H,25H2,1-6H3,(H,47,51)/t34-,37-,38+,39+,40+,41-,46+/m0/s1. The molecule has 2 bridgehead atoms. The number of aliphatic hydroxyl groups excluding tert-OH is 1. The number of fused-ring (bicyclic) bond motifs is 3. The molecule has 0 aromatic heterocycles. The number of hydrogen-bond acceptors (Lipinski definition) is 12. The number of aliphatic hydroxyl groups is 2. The van der Waals surface area contributed by atoms with Crippen molar-refractivity contribution in [3.05, 3.63) is 148 Å². The van der Waals surface area contributed by atoms with Crippen molar-refractivity contribution in [1.29, 1.82) is 0 Å². The van der Waals surface area contributed by atoms with Crippen LogP contribution in [0.4, 0.5) is 0 Å². The van der Waals surface area contributed by atoms with Gasteiger partial charge in [0, 0.05) is 42.4 Å². The van der Waals surface area contributed by atoms with E-state index < -0.39 is 83.8 Å². The van der Waals surface area contributed by atoms with Crippen LogP contribution in [0.1, 0.15) is 96.7 Å². The molecule has 4 aromatic rings. The predicted octanol–water partition coefficient (Wildman–Crippen LogP) is 6.06. The summed E-state index contributed by atoms with van der Waals surface area (Å²) in [5, 5.41) is 27.9. The Kier molecular flexibility index (Phi) is 12.4. The molecule has 0 fully saturated rings. The zero-order valence-corrected chi connectivity index (χ0v) is 33.5. The van der Waals surface area contributed by atoms with Crippen molar-refractivity contribution < 1.29 is 57.9 Å². The Bertz CT molecular complexity index is 2240. The van der Waals surface area contributed by atoms with E-state index in [4.69, 9.17) is 23.7 Å². The topological polar surface area (TPSA) is 184 Å². The fourth-order valence-corrected chi connectivity index (χ4v) is 8.23. The van der Waals surface area contributed by atoms with Gasteiger partial charge in [-0.25, -0.2) is 9.59 Å². The average Bonchev–Trinajstić information content (AvgIpc) is 3.22. The largest absolute Gasteiger partial charge is 0.496 e. The van der Waals surface area contributed by atoms with Crippen molar-refractivity contribution in [3.8, 4) is 5.75 Å². The molecular weight excluding hydrogens is 759 g/mol. The summed E-state index contributed by atoms with van der Waals surface area (Å²) in [5.74, 6) is -3.87. The smallest absolute Gasteiger partial charge is 0.338 e. The van der Waals surface area contributed by atoms with Crippen LogP contribution in [0.25, 0.3) is 0 Å². The minimum atomic E-state index is -2.19. The molecule has 6 rings (SSSR count). The Hall–Kier alpha value is -6.31. The predicted molar refractivity (Wildman–Crippen MR) is 213 cm³/mol. The highest BCUT2D eigenvalue weighted by Gasteiger charge is 2.64. The van der Waals surface area contributed by atoms with Gasteiger partial charge in [0.15, 0.2) is 24.4 Å². The highest BCUT2D eigenvalue weighted by Crippen LogP contribution is 2.61. The van der Waals surface area contributed by atoms with E-state index in [0.29, 0.717) is 11.1 Å². The summed E-state index contributed by atoms with van der Waals surface area (Å²) >= 11 is 0. The number of carbonyl (C=O) groups excluding carboxylic acids is 5. The molecule has 0 unspecified atom stereocenters. The molecule has 1 amide bonds. The maximum atomic E-state index is 14.3. The first kappa shape index (κ1) is 42.3. The Labute approximate surface area is 341 Å². The summed E-state index contributed by atoms with van der Waals surface area (Å²) in [6.07, 6.45) is -8.13. The van der Waals surface area contributed by atoms with Crippen LogP contribution < -0.4 is 10.1 Å². The third kappa shape index (κ3) is 8.34. The van der Waals surface area contributed by atoms with Crippen molar-refractivity contribution >= 4 is 29.8 Å². The Balaban J connectivity index is 1.52. The molecule has 0 heterocycles. The lowest BCUT2D eigenvalue weighted by Gasteiger charge is -2.56. The molecule has 0 radical (unpaired) electrons. The van der Waals surface area contributed by atoms with Crippen LogP contribution in [0.2, 0.25) is 0 Å². The minimum absolute atomic E-state index is 0.120. The molecule has 13 heteroatoms. The van der Waals surface area contributed by atoms with Crippen molar-refractivity contribution in [1.82, 2.24) is 5.32 Å². The van der Waals surface area contributed by atoms with Gasteiger partial charge in [-0.05, 0) is 54.0 Å². The van der Waals surface area contributed by atoms with E-state index >= 15 is 0 Å². The summed E-state index contributed by atoms with van der Waals surface area (Å²) in [4.78, 5) is 67.5. The molecule has 59 heavy (non-hydrogen) atoms. The fraction of sp³-hybridized carbons (Fsp3) is 0.326. The number of hydrogen-bond donors (Lipinski definition) is 3. The van der Waals surface area contributed by atoms with E-state index in [1.165, 1.54) is 21.0 Å². The quantitative estimate of drug-likeness (QED) is 0.0906. The van der Waals surface area contributed by atoms with Gasteiger partial charge in [-0.15, -0.1) is 0 Å². The molecule has 0 spiro atoms. The van der Waals surface area contributed by atoms with Crippen molar-refractivity contribution in [2.45, 2.75) is 83.2 Å². The molecule has 3 N–H and O–H groups in total. The third-order valence-corrected chi connectivity index (χ3v) is 11.2. The van der Waals surface area contributed by atoms with Crippen LogP contribution >= 0.6 is 0 Å². The van der Waals surface area contributed by atoms with Gasteiger partial charge in [0.2, 0.25) is 0 Å². The number of methoxy groups -OCH3 is 1. The molecule has 0 aliphatic heterocycles.